The monoisotopic (exact) mass is 564 g/mol. The fraction of sp³-hybridized carbons (Fsp3) is 0.500. The molecule has 2 unspecified atom stereocenters. The van der Waals surface area contributed by atoms with E-state index in [2.05, 4.69) is 0 Å². The molecule has 3 aliphatic heterocycles. The van der Waals surface area contributed by atoms with E-state index in [4.69, 9.17) is 18.9 Å². The summed E-state index contributed by atoms with van der Waals surface area (Å²) >= 11 is 0. The highest BCUT2D eigenvalue weighted by Crippen LogP contribution is 2.42. The third-order valence-corrected chi connectivity index (χ3v) is 7.86. The van der Waals surface area contributed by atoms with Crippen molar-refractivity contribution in [3.8, 4) is 17.2 Å². The van der Waals surface area contributed by atoms with Gasteiger partial charge in [0.05, 0.1) is 39.0 Å². The number of likely N-dealkylation sites (tertiary alicyclic amines) is 1. The number of quaternary nitrogens is 1. The summed E-state index contributed by atoms with van der Waals surface area (Å²) in [5.41, 5.74) is 1.94. The number of ether oxygens (including phenoxy) is 4. The lowest BCUT2D eigenvalue weighted by Gasteiger charge is -2.29. The molecule has 2 aromatic rings. The van der Waals surface area contributed by atoms with Crippen LogP contribution in [0, 0.1) is 0 Å². The summed E-state index contributed by atoms with van der Waals surface area (Å²) < 4.78 is 23.0. The average molecular weight is 565 g/mol. The summed E-state index contributed by atoms with van der Waals surface area (Å²) in [5.74, 6) is 0.0578. The van der Waals surface area contributed by atoms with Gasteiger partial charge in [0.25, 0.3) is 5.91 Å². The molecule has 3 heterocycles. The van der Waals surface area contributed by atoms with Crippen molar-refractivity contribution in [3.05, 3.63) is 58.7 Å². The Morgan fingerprint density at radius 1 is 1.07 bits per heavy atom. The Morgan fingerprint density at radius 2 is 1.88 bits per heavy atom. The third kappa shape index (κ3) is 6.21. The normalized spacial score (nSPS) is 22.1. The second kappa shape index (κ2) is 13.0. The van der Waals surface area contributed by atoms with Gasteiger partial charge in [0, 0.05) is 25.0 Å². The molecule has 0 bridgehead atoms. The first-order chi connectivity index (χ1) is 19.9. The highest BCUT2D eigenvalue weighted by molar-refractivity contribution is 6.46. The van der Waals surface area contributed by atoms with Crippen molar-refractivity contribution in [2.24, 2.45) is 0 Å². The standard InChI is InChI=1S/C32H40N2O7/c1-4-15-40-26-10-7-22(20-27(26)39-5-2)29-28(30(35)23-8-9-25-24(19-23)18-21(3)41-25)31(36)32(37)34(29)12-6-11-33-13-16-38-17-14-33/h7-10,19-21,29,35H,4-6,11-18H2,1-3H3. The number of benzene rings is 2. The number of carbonyl (C=O) groups is 2. The Labute approximate surface area is 241 Å². The predicted octanol–water partition coefficient (Wildman–Crippen LogP) is 1.73. The molecule has 0 saturated carbocycles. The number of hydrogen-bond donors (Lipinski definition) is 1. The van der Waals surface area contributed by atoms with Gasteiger partial charge in [-0.25, -0.2) is 0 Å². The topological polar surface area (TPSA) is 102 Å². The number of nitrogens with zero attached hydrogens (tertiary/aromatic N) is 1. The molecule has 1 N–H and O–H groups in total. The maximum Gasteiger partial charge on any atom is 0.295 e. The van der Waals surface area contributed by atoms with Crippen LogP contribution in [0.4, 0.5) is 0 Å². The first-order valence-electron chi connectivity index (χ1n) is 14.8. The number of fused-ring (bicyclic) bond motifs is 1. The van der Waals surface area contributed by atoms with Crippen molar-refractivity contribution in [2.75, 3.05) is 52.6 Å². The number of Topliss-reactive ketones (excluding diaryl/α,β-unsaturated/α-hetero) is 1. The molecule has 2 atom stereocenters. The molecule has 0 aromatic heterocycles. The quantitative estimate of drug-likeness (QED) is 0.252. The molecular weight excluding hydrogens is 524 g/mol. The minimum Gasteiger partial charge on any atom is -0.872 e. The van der Waals surface area contributed by atoms with E-state index in [1.54, 1.807) is 35.2 Å². The Kier molecular flexibility index (Phi) is 9.15. The molecule has 2 aromatic carbocycles. The Morgan fingerprint density at radius 3 is 2.63 bits per heavy atom. The number of amides is 1. The lowest BCUT2D eigenvalue weighted by Crippen LogP contribution is -3.14. The van der Waals surface area contributed by atoms with Crippen LogP contribution >= 0.6 is 0 Å². The van der Waals surface area contributed by atoms with E-state index in [1.807, 2.05) is 26.8 Å². The highest BCUT2D eigenvalue weighted by atomic mass is 16.5. The minimum atomic E-state index is -0.815. The molecule has 41 heavy (non-hydrogen) atoms. The first kappa shape index (κ1) is 29.0. The summed E-state index contributed by atoms with van der Waals surface area (Å²) in [5, 5.41) is 14.0. The lowest BCUT2D eigenvalue weighted by atomic mass is 9.94. The van der Waals surface area contributed by atoms with Gasteiger partial charge in [0.1, 0.15) is 24.9 Å². The van der Waals surface area contributed by atoms with Crippen LogP contribution in [0.1, 0.15) is 56.3 Å². The number of hydrogen-bond acceptors (Lipinski definition) is 7. The van der Waals surface area contributed by atoms with Crippen LogP contribution in [-0.4, -0.2) is 75.3 Å². The van der Waals surface area contributed by atoms with Gasteiger partial charge >= 0.3 is 0 Å². The van der Waals surface area contributed by atoms with Crippen LogP contribution in [0.5, 0.6) is 17.2 Å². The molecular formula is C32H40N2O7. The third-order valence-electron chi connectivity index (χ3n) is 7.86. The SMILES string of the molecule is CCCOc1ccc(C2C(=C([O-])c3ccc4c(c3)CC(C)O4)C(=O)C(=O)N2CCC[NH+]2CCOCC2)cc1OCC. The number of morpholine rings is 1. The molecule has 5 rings (SSSR count). The fourth-order valence-corrected chi connectivity index (χ4v) is 5.87. The van der Waals surface area contributed by atoms with Crippen molar-refractivity contribution in [2.45, 2.75) is 52.2 Å². The molecule has 0 spiro atoms. The van der Waals surface area contributed by atoms with Crippen molar-refractivity contribution in [3.63, 3.8) is 0 Å². The maximum absolute atomic E-state index is 14.0. The van der Waals surface area contributed by atoms with E-state index in [1.165, 1.54) is 4.90 Å². The van der Waals surface area contributed by atoms with Gasteiger partial charge in [-0.2, -0.15) is 0 Å². The molecule has 3 aliphatic rings. The largest absolute Gasteiger partial charge is 0.872 e. The smallest absolute Gasteiger partial charge is 0.295 e. The maximum atomic E-state index is 14.0. The molecule has 2 fully saturated rings. The van der Waals surface area contributed by atoms with Crippen LogP contribution < -0.4 is 24.2 Å². The van der Waals surface area contributed by atoms with Crippen LogP contribution in [0.2, 0.25) is 0 Å². The summed E-state index contributed by atoms with van der Waals surface area (Å²) in [6.45, 7) is 11.4. The van der Waals surface area contributed by atoms with Crippen molar-refractivity contribution < 1.29 is 38.5 Å². The Bertz CT molecular complexity index is 1300. The second-order valence-electron chi connectivity index (χ2n) is 10.9. The molecule has 9 heteroatoms. The Hall–Kier alpha value is -3.56. The second-order valence-corrected chi connectivity index (χ2v) is 10.9. The van der Waals surface area contributed by atoms with E-state index in [-0.39, 0.29) is 11.7 Å². The number of nitrogens with one attached hydrogen (secondary N) is 1. The predicted molar refractivity (Wildman–Crippen MR) is 151 cm³/mol. The van der Waals surface area contributed by atoms with Crippen LogP contribution in [0.25, 0.3) is 5.76 Å². The number of carbonyl (C=O) groups excluding carboxylic acids is 2. The van der Waals surface area contributed by atoms with Crippen molar-refractivity contribution in [1.29, 1.82) is 0 Å². The van der Waals surface area contributed by atoms with E-state index >= 15 is 0 Å². The van der Waals surface area contributed by atoms with Gasteiger partial charge in [0.15, 0.2) is 11.5 Å². The van der Waals surface area contributed by atoms with E-state index in [9.17, 15) is 14.7 Å². The fourth-order valence-electron chi connectivity index (χ4n) is 5.87. The zero-order valence-corrected chi connectivity index (χ0v) is 24.2. The molecule has 0 radical (unpaired) electrons. The number of ketones is 1. The van der Waals surface area contributed by atoms with E-state index in [0.29, 0.717) is 55.2 Å². The average Bonchev–Trinajstić information content (AvgIpc) is 3.48. The van der Waals surface area contributed by atoms with Crippen molar-refractivity contribution >= 4 is 17.4 Å². The zero-order chi connectivity index (χ0) is 28.9. The Balaban J connectivity index is 1.52. The highest BCUT2D eigenvalue weighted by Gasteiger charge is 2.44. The van der Waals surface area contributed by atoms with Gasteiger partial charge in [-0.3, -0.25) is 9.59 Å². The van der Waals surface area contributed by atoms with Gasteiger partial charge in [-0.1, -0.05) is 24.8 Å². The molecule has 220 valence electrons. The van der Waals surface area contributed by atoms with Gasteiger partial charge in [-0.15, -0.1) is 0 Å². The summed E-state index contributed by atoms with van der Waals surface area (Å²) in [6.07, 6.45) is 2.26. The zero-order valence-electron chi connectivity index (χ0n) is 24.2. The van der Waals surface area contributed by atoms with Crippen LogP contribution in [0.15, 0.2) is 42.0 Å². The van der Waals surface area contributed by atoms with Gasteiger partial charge in [0.2, 0.25) is 5.78 Å². The molecule has 9 nitrogen and oxygen atoms in total. The lowest BCUT2D eigenvalue weighted by molar-refractivity contribution is -0.908. The van der Waals surface area contributed by atoms with E-state index in [0.717, 1.165) is 50.6 Å². The first-order valence-corrected chi connectivity index (χ1v) is 14.8. The summed E-state index contributed by atoms with van der Waals surface area (Å²) in [7, 11) is 0. The van der Waals surface area contributed by atoms with Crippen molar-refractivity contribution in [1.82, 2.24) is 4.90 Å². The van der Waals surface area contributed by atoms with Gasteiger partial charge < -0.3 is 33.9 Å². The number of rotatable bonds is 11. The summed E-state index contributed by atoms with van der Waals surface area (Å²) in [6, 6.07) is 9.87. The van der Waals surface area contributed by atoms with Crippen LogP contribution in [-0.2, 0) is 20.7 Å². The minimum absolute atomic E-state index is 0.0229. The van der Waals surface area contributed by atoms with Crippen LogP contribution in [0.3, 0.4) is 0 Å². The van der Waals surface area contributed by atoms with Gasteiger partial charge in [-0.05, 0) is 61.2 Å². The summed E-state index contributed by atoms with van der Waals surface area (Å²) in [4.78, 5) is 30.0. The van der Waals surface area contributed by atoms with E-state index < -0.39 is 23.5 Å². The molecule has 0 aliphatic carbocycles. The molecule has 1 amide bonds. The molecule has 2 saturated heterocycles.